The van der Waals surface area contributed by atoms with Crippen LogP contribution in [-0.2, 0) is 15.1 Å². The Morgan fingerprint density at radius 3 is 2.00 bits per heavy atom. The quantitative estimate of drug-likeness (QED) is 0.681. The van der Waals surface area contributed by atoms with Gasteiger partial charge in [0.1, 0.15) is 6.10 Å². The number of rotatable bonds is 2. The van der Waals surface area contributed by atoms with E-state index in [1.54, 1.807) is 6.92 Å². The Morgan fingerprint density at radius 2 is 1.55 bits per heavy atom. The molecular formula is C19H18O3. The fraction of sp³-hybridized carbons (Fsp3) is 0.211. The summed E-state index contributed by atoms with van der Waals surface area (Å²) in [5.74, 6) is -0.441. The molecule has 3 nitrogen and oxygen atoms in total. The van der Waals surface area contributed by atoms with Gasteiger partial charge in [0.05, 0.1) is 0 Å². The highest BCUT2D eigenvalue weighted by Gasteiger charge is 2.42. The van der Waals surface area contributed by atoms with E-state index in [1.165, 1.54) is 0 Å². The van der Waals surface area contributed by atoms with Crippen LogP contribution in [0.4, 0.5) is 0 Å². The predicted octanol–water partition coefficient (Wildman–Crippen LogP) is 3.46. The van der Waals surface area contributed by atoms with E-state index in [-0.39, 0.29) is 0 Å². The van der Waals surface area contributed by atoms with Crippen molar-refractivity contribution >= 4 is 5.97 Å². The van der Waals surface area contributed by atoms with Crippen LogP contribution >= 0.6 is 0 Å². The number of esters is 1. The van der Waals surface area contributed by atoms with Gasteiger partial charge in [-0.2, -0.15) is 0 Å². The maximum atomic E-state index is 12.1. The predicted molar refractivity (Wildman–Crippen MR) is 84.3 cm³/mol. The van der Waals surface area contributed by atoms with Crippen LogP contribution in [-0.4, -0.2) is 11.1 Å². The summed E-state index contributed by atoms with van der Waals surface area (Å²) in [5, 5.41) is 10.6. The SMILES string of the molecule is C=C(C)C(=O)OC1(C)c2ccccc2C(O)c2ccccc21. The van der Waals surface area contributed by atoms with E-state index in [9.17, 15) is 9.90 Å². The van der Waals surface area contributed by atoms with Gasteiger partial charge >= 0.3 is 5.97 Å². The first-order chi connectivity index (χ1) is 10.4. The van der Waals surface area contributed by atoms with Crippen molar-refractivity contribution in [2.45, 2.75) is 25.6 Å². The molecule has 3 heteroatoms. The number of benzene rings is 2. The number of carbonyl (C=O) groups excluding carboxylic acids is 1. The Morgan fingerprint density at radius 1 is 1.09 bits per heavy atom. The summed E-state index contributed by atoms with van der Waals surface area (Å²) in [7, 11) is 0. The number of aliphatic hydroxyl groups is 1. The summed E-state index contributed by atoms with van der Waals surface area (Å²) in [4.78, 5) is 12.1. The van der Waals surface area contributed by atoms with Crippen molar-refractivity contribution in [2.75, 3.05) is 0 Å². The number of ether oxygens (including phenoxy) is 1. The van der Waals surface area contributed by atoms with Crippen molar-refractivity contribution in [3.05, 3.63) is 82.9 Å². The van der Waals surface area contributed by atoms with Crippen LogP contribution < -0.4 is 0 Å². The van der Waals surface area contributed by atoms with Crippen LogP contribution in [0.5, 0.6) is 0 Å². The van der Waals surface area contributed by atoms with Crippen molar-refractivity contribution in [1.82, 2.24) is 0 Å². The van der Waals surface area contributed by atoms with Gasteiger partial charge in [0.2, 0.25) is 0 Å². The number of fused-ring (bicyclic) bond motifs is 2. The van der Waals surface area contributed by atoms with E-state index >= 15 is 0 Å². The highest BCUT2D eigenvalue weighted by atomic mass is 16.6. The first-order valence-electron chi connectivity index (χ1n) is 7.21. The number of carbonyl (C=O) groups is 1. The van der Waals surface area contributed by atoms with Crippen LogP contribution in [0.3, 0.4) is 0 Å². The molecule has 0 bridgehead atoms. The van der Waals surface area contributed by atoms with Gasteiger partial charge in [0, 0.05) is 16.7 Å². The molecule has 1 N–H and O–H groups in total. The highest BCUT2D eigenvalue weighted by Crippen LogP contribution is 2.46. The molecule has 0 saturated carbocycles. The molecule has 1 aliphatic carbocycles. The van der Waals surface area contributed by atoms with Crippen LogP contribution in [0.1, 0.15) is 42.2 Å². The minimum Gasteiger partial charge on any atom is -0.446 e. The molecule has 0 unspecified atom stereocenters. The number of hydrogen-bond donors (Lipinski definition) is 1. The maximum Gasteiger partial charge on any atom is 0.334 e. The van der Waals surface area contributed by atoms with Crippen molar-refractivity contribution in [3.63, 3.8) is 0 Å². The monoisotopic (exact) mass is 294 g/mol. The summed E-state index contributed by atoms with van der Waals surface area (Å²) in [6.07, 6.45) is -0.719. The third kappa shape index (κ3) is 2.06. The molecule has 22 heavy (non-hydrogen) atoms. The number of hydrogen-bond acceptors (Lipinski definition) is 3. The molecule has 1 aliphatic rings. The van der Waals surface area contributed by atoms with E-state index in [4.69, 9.17) is 4.74 Å². The van der Waals surface area contributed by atoms with Gasteiger partial charge in [-0.05, 0) is 25.0 Å². The minimum atomic E-state index is -0.942. The van der Waals surface area contributed by atoms with E-state index < -0.39 is 17.7 Å². The molecule has 112 valence electrons. The summed E-state index contributed by atoms with van der Waals surface area (Å²) in [6.45, 7) is 7.14. The van der Waals surface area contributed by atoms with E-state index in [0.29, 0.717) is 5.57 Å². The highest BCUT2D eigenvalue weighted by molar-refractivity contribution is 5.87. The summed E-state index contributed by atoms with van der Waals surface area (Å²) in [6, 6.07) is 15.0. The lowest BCUT2D eigenvalue weighted by atomic mass is 9.74. The Labute approximate surface area is 129 Å². The second-order valence-electron chi connectivity index (χ2n) is 5.78. The third-order valence-electron chi connectivity index (χ3n) is 4.18. The van der Waals surface area contributed by atoms with Gasteiger partial charge in [-0.1, -0.05) is 55.1 Å². The zero-order valence-electron chi connectivity index (χ0n) is 12.7. The Bertz CT molecular complexity index is 713. The first kappa shape index (κ1) is 14.5. The van der Waals surface area contributed by atoms with Gasteiger partial charge < -0.3 is 9.84 Å². The third-order valence-corrected chi connectivity index (χ3v) is 4.18. The smallest absolute Gasteiger partial charge is 0.334 e. The average Bonchev–Trinajstić information content (AvgIpc) is 2.53. The molecule has 0 amide bonds. The maximum absolute atomic E-state index is 12.1. The van der Waals surface area contributed by atoms with Gasteiger partial charge in [-0.25, -0.2) is 4.79 Å². The summed E-state index contributed by atoms with van der Waals surface area (Å²) < 4.78 is 5.79. The molecule has 0 aliphatic heterocycles. The molecule has 3 rings (SSSR count). The molecule has 0 saturated heterocycles. The average molecular weight is 294 g/mol. The molecule has 2 aromatic rings. The molecule has 0 spiro atoms. The first-order valence-corrected chi connectivity index (χ1v) is 7.21. The fourth-order valence-electron chi connectivity index (χ4n) is 3.03. The van der Waals surface area contributed by atoms with Crippen molar-refractivity contribution in [3.8, 4) is 0 Å². The van der Waals surface area contributed by atoms with E-state index in [2.05, 4.69) is 6.58 Å². The zero-order valence-corrected chi connectivity index (χ0v) is 12.7. The van der Waals surface area contributed by atoms with E-state index in [0.717, 1.165) is 22.3 Å². The van der Waals surface area contributed by atoms with Crippen LogP contribution in [0.15, 0.2) is 60.7 Å². The van der Waals surface area contributed by atoms with Crippen LogP contribution in [0.25, 0.3) is 0 Å². The molecule has 0 heterocycles. The Kier molecular flexibility index (Phi) is 3.38. The summed E-state index contributed by atoms with van der Waals surface area (Å²) >= 11 is 0. The fourth-order valence-corrected chi connectivity index (χ4v) is 3.03. The standard InChI is InChI=1S/C19H18O3/c1-12(2)18(21)22-19(3)15-10-6-4-8-13(15)17(20)14-9-5-7-11-16(14)19/h4-11,17,20H,1H2,2-3H3. The zero-order chi connectivity index (χ0) is 15.9. The van der Waals surface area contributed by atoms with E-state index in [1.807, 2.05) is 55.5 Å². The van der Waals surface area contributed by atoms with Gasteiger partial charge in [0.15, 0.2) is 5.60 Å². The summed E-state index contributed by atoms with van der Waals surface area (Å²) in [5.41, 5.74) is 2.54. The number of aliphatic hydroxyl groups excluding tert-OH is 1. The van der Waals surface area contributed by atoms with Gasteiger partial charge in [-0.3, -0.25) is 0 Å². The van der Waals surface area contributed by atoms with Gasteiger partial charge in [0.25, 0.3) is 0 Å². The largest absolute Gasteiger partial charge is 0.446 e. The normalized spacial score (nSPS) is 22.4. The van der Waals surface area contributed by atoms with Crippen LogP contribution in [0, 0.1) is 0 Å². The molecule has 0 radical (unpaired) electrons. The molecule has 2 aromatic carbocycles. The lowest BCUT2D eigenvalue weighted by Crippen LogP contribution is -2.36. The molecular weight excluding hydrogens is 276 g/mol. The van der Waals surface area contributed by atoms with Crippen molar-refractivity contribution in [1.29, 1.82) is 0 Å². The molecule has 0 aromatic heterocycles. The topological polar surface area (TPSA) is 46.5 Å². The van der Waals surface area contributed by atoms with Crippen molar-refractivity contribution < 1.29 is 14.6 Å². The minimum absolute atomic E-state index is 0.349. The second-order valence-corrected chi connectivity index (χ2v) is 5.78. The van der Waals surface area contributed by atoms with Gasteiger partial charge in [-0.15, -0.1) is 0 Å². The lowest BCUT2D eigenvalue weighted by Gasteiger charge is -2.39. The molecule has 0 atom stereocenters. The molecule has 0 fully saturated rings. The Hall–Kier alpha value is -2.39. The lowest BCUT2D eigenvalue weighted by molar-refractivity contribution is -0.150. The van der Waals surface area contributed by atoms with Crippen LogP contribution in [0.2, 0.25) is 0 Å². The van der Waals surface area contributed by atoms with Crippen molar-refractivity contribution in [2.24, 2.45) is 0 Å². The second kappa shape index (κ2) is 5.11. The Balaban J connectivity index is 2.23.